The SMILES string of the molecule is CCCc1c(OCCCOc2cc(/C=C/C(=O)O)ccc2C(C)=O)ccc(C(C)=O)c1O. The topological polar surface area (TPSA) is 110 Å². The summed E-state index contributed by atoms with van der Waals surface area (Å²) in [6.45, 7) is 5.40. The van der Waals surface area contributed by atoms with Crippen LogP contribution in [0.1, 0.15) is 65.5 Å². The summed E-state index contributed by atoms with van der Waals surface area (Å²) in [4.78, 5) is 34.2. The molecule has 7 nitrogen and oxygen atoms in total. The highest BCUT2D eigenvalue weighted by Gasteiger charge is 2.16. The average molecular weight is 440 g/mol. The van der Waals surface area contributed by atoms with E-state index in [4.69, 9.17) is 14.6 Å². The number of benzene rings is 2. The Balaban J connectivity index is 2.02. The van der Waals surface area contributed by atoms with Gasteiger partial charge >= 0.3 is 5.97 Å². The molecule has 0 aliphatic rings. The van der Waals surface area contributed by atoms with Gasteiger partial charge in [0.2, 0.25) is 0 Å². The minimum Gasteiger partial charge on any atom is -0.507 e. The number of ketones is 2. The number of hydrogen-bond donors (Lipinski definition) is 2. The molecule has 2 N–H and O–H groups in total. The Labute approximate surface area is 187 Å². The van der Waals surface area contributed by atoms with E-state index in [1.807, 2.05) is 6.92 Å². The maximum absolute atomic E-state index is 11.9. The maximum atomic E-state index is 11.9. The summed E-state index contributed by atoms with van der Waals surface area (Å²) in [5.74, 6) is -0.563. The van der Waals surface area contributed by atoms with Gasteiger partial charge in [0.15, 0.2) is 11.6 Å². The molecule has 2 aromatic carbocycles. The highest BCUT2D eigenvalue weighted by Crippen LogP contribution is 2.33. The molecule has 32 heavy (non-hydrogen) atoms. The van der Waals surface area contributed by atoms with Gasteiger partial charge in [0.05, 0.1) is 24.3 Å². The Morgan fingerprint density at radius 3 is 2.16 bits per heavy atom. The van der Waals surface area contributed by atoms with Gasteiger partial charge in [-0.15, -0.1) is 0 Å². The summed E-state index contributed by atoms with van der Waals surface area (Å²) in [7, 11) is 0. The Bertz CT molecular complexity index is 1020. The van der Waals surface area contributed by atoms with Crippen LogP contribution < -0.4 is 9.47 Å². The van der Waals surface area contributed by atoms with Crippen molar-refractivity contribution in [2.24, 2.45) is 0 Å². The fourth-order valence-corrected chi connectivity index (χ4v) is 3.17. The van der Waals surface area contributed by atoms with Crippen molar-refractivity contribution in [3.8, 4) is 17.2 Å². The third kappa shape index (κ3) is 6.70. The number of phenolic OH excluding ortho intramolecular Hbond substituents is 1. The molecule has 0 saturated carbocycles. The second-order valence-corrected chi connectivity index (χ2v) is 7.28. The van der Waals surface area contributed by atoms with E-state index in [-0.39, 0.29) is 29.5 Å². The minimum absolute atomic E-state index is 0.0366. The molecule has 0 aromatic heterocycles. The first-order chi connectivity index (χ1) is 15.2. The van der Waals surface area contributed by atoms with Crippen LogP contribution in [0.2, 0.25) is 0 Å². The molecule has 0 unspecified atom stereocenters. The second-order valence-electron chi connectivity index (χ2n) is 7.28. The molecular weight excluding hydrogens is 412 g/mol. The molecule has 0 saturated heterocycles. The van der Waals surface area contributed by atoms with Gasteiger partial charge in [0.25, 0.3) is 0 Å². The summed E-state index contributed by atoms with van der Waals surface area (Å²) in [6.07, 6.45) is 4.31. The summed E-state index contributed by atoms with van der Waals surface area (Å²) >= 11 is 0. The van der Waals surface area contributed by atoms with Crippen molar-refractivity contribution in [1.29, 1.82) is 0 Å². The number of hydrogen-bond acceptors (Lipinski definition) is 6. The van der Waals surface area contributed by atoms with E-state index in [1.165, 1.54) is 19.9 Å². The van der Waals surface area contributed by atoms with Gasteiger partial charge in [-0.1, -0.05) is 19.4 Å². The molecule has 0 atom stereocenters. The molecule has 0 spiro atoms. The van der Waals surface area contributed by atoms with Gasteiger partial charge < -0.3 is 19.7 Å². The van der Waals surface area contributed by atoms with Crippen LogP contribution in [0.4, 0.5) is 0 Å². The van der Waals surface area contributed by atoms with Crippen molar-refractivity contribution in [2.45, 2.75) is 40.0 Å². The highest BCUT2D eigenvalue weighted by atomic mass is 16.5. The number of carboxylic acid groups (broad SMARTS) is 1. The van der Waals surface area contributed by atoms with Crippen LogP contribution in [0, 0.1) is 0 Å². The fourth-order valence-electron chi connectivity index (χ4n) is 3.17. The molecule has 170 valence electrons. The predicted molar refractivity (Wildman–Crippen MR) is 121 cm³/mol. The number of aliphatic carboxylic acids is 1. The Morgan fingerprint density at radius 2 is 1.56 bits per heavy atom. The van der Waals surface area contributed by atoms with E-state index in [9.17, 15) is 19.5 Å². The lowest BCUT2D eigenvalue weighted by atomic mass is 10.0. The summed E-state index contributed by atoms with van der Waals surface area (Å²) in [5.41, 5.74) is 1.90. The number of aromatic hydroxyl groups is 1. The van der Waals surface area contributed by atoms with Crippen LogP contribution in [0.5, 0.6) is 17.2 Å². The molecular formula is C25H28O7. The van der Waals surface area contributed by atoms with E-state index < -0.39 is 5.97 Å². The van der Waals surface area contributed by atoms with Crippen molar-refractivity contribution < 1.29 is 34.1 Å². The molecule has 0 aliphatic carbocycles. The van der Waals surface area contributed by atoms with E-state index in [0.717, 1.165) is 12.5 Å². The summed E-state index contributed by atoms with van der Waals surface area (Å²) < 4.78 is 11.6. The smallest absolute Gasteiger partial charge is 0.328 e. The van der Waals surface area contributed by atoms with Crippen LogP contribution >= 0.6 is 0 Å². The lowest BCUT2D eigenvalue weighted by Gasteiger charge is -2.15. The van der Waals surface area contributed by atoms with Crippen molar-refractivity contribution in [2.75, 3.05) is 13.2 Å². The van der Waals surface area contributed by atoms with E-state index >= 15 is 0 Å². The fraction of sp³-hybridized carbons (Fsp3) is 0.320. The number of carboxylic acids is 1. The molecule has 2 aromatic rings. The van der Waals surface area contributed by atoms with Crippen molar-refractivity contribution >= 4 is 23.6 Å². The number of Topliss-reactive ketones (excluding diaryl/α,β-unsaturated/α-hetero) is 2. The molecule has 0 aliphatic heterocycles. The molecule has 2 rings (SSSR count). The third-order valence-corrected chi connectivity index (χ3v) is 4.73. The van der Waals surface area contributed by atoms with E-state index in [1.54, 1.807) is 30.3 Å². The standard InChI is InChI=1S/C25H28O7/c1-4-6-21-22(11-10-20(17(3)27)25(21)30)31-13-5-14-32-23-15-18(8-12-24(28)29)7-9-19(23)16(2)26/h7-12,15,30H,4-6,13-14H2,1-3H3,(H,28,29)/b12-8+. The average Bonchev–Trinajstić information content (AvgIpc) is 2.73. The van der Waals surface area contributed by atoms with Crippen LogP contribution in [-0.2, 0) is 11.2 Å². The Morgan fingerprint density at radius 1 is 0.938 bits per heavy atom. The zero-order valence-electron chi connectivity index (χ0n) is 18.5. The quantitative estimate of drug-likeness (QED) is 0.280. The third-order valence-electron chi connectivity index (χ3n) is 4.73. The van der Waals surface area contributed by atoms with Crippen molar-refractivity contribution in [1.82, 2.24) is 0 Å². The zero-order valence-corrected chi connectivity index (χ0v) is 18.5. The van der Waals surface area contributed by atoms with Crippen LogP contribution in [0.3, 0.4) is 0 Å². The van der Waals surface area contributed by atoms with Gasteiger partial charge in [-0.3, -0.25) is 9.59 Å². The molecule has 0 radical (unpaired) electrons. The second kappa shape index (κ2) is 11.7. The van der Waals surface area contributed by atoms with Gasteiger partial charge in [0, 0.05) is 18.1 Å². The Kier molecular flexibility index (Phi) is 9.01. The molecule has 7 heteroatoms. The monoisotopic (exact) mass is 440 g/mol. The minimum atomic E-state index is -1.06. The summed E-state index contributed by atoms with van der Waals surface area (Å²) in [6, 6.07) is 8.12. The van der Waals surface area contributed by atoms with Crippen LogP contribution in [0.15, 0.2) is 36.4 Å². The first kappa shape index (κ1) is 24.7. The van der Waals surface area contributed by atoms with E-state index in [2.05, 4.69) is 0 Å². The lowest BCUT2D eigenvalue weighted by molar-refractivity contribution is -0.131. The van der Waals surface area contributed by atoms with Gasteiger partial charge in [0.1, 0.15) is 17.2 Å². The van der Waals surface area contributed by atoms with Crippen molar-refractivity contribution in [3.05, 3.63) is 58.7 Å². The number of carbonyl (C=O) groups excluding carboxylic acids is 2. The zero-order chi connectivity index (χ0) is 23.7. The lowest BCUT2D eigenvalue weighted by Crippen LogP contribution is -2.09. The normalized spacial score (nSPS) is 10.8. The first-order valence-corrected chi connectivity index (χ1v) is 10.4. The molecule has 0 heterocycles. The van der Waals surface area contributed by atoms with Gasteiger partial charge in [-0.2, -0.15) is 0 Å². The van der Waals surface area contributed by atoms with E-state index in [0.29, 0.717) is 47.6 Å². The van der Waals surface area contributed by atoms with Gasteiger partial charge in [-0.05, 0) is 56.2 Å². The van der Waals surface area contributed by atoms with Crippen molar-refractivity contribution in [3.63, 3.8) is 0 Å². The number of carbonyl (C=O) groups is 3. The largest absolute Gasteiger partial charge is 0.507 e. The predicted octanol–water partition coefficient (Wildman–Crippen LogP) is 4.70. The Hall–Kier alpha value is -3.61. The highest BCUT2D eigenvalue weighted by molar-refractivity contribution is 5.98. The van der Waals surface area contributed by atoms with Gasteiger partial charge in [-0.25, -0.2) is 4.79 Å². The number of ether oxygens (including phenoxy) is 2. The first-order valence-electron chi connectivity index (χ1n) is 10.4. The number of rotatable bonds is 12. The summed E-state index contributed by atoms with van der Waals surface area (Å²) in [5, 5.41) is 19.2. The number of phenols is 1. The molecule has 0 amide bonds. The molecule has 0 bridgehead atoms. The maximum Gasteiger partial charge on any atom is 0.328 e. The van der Waals surface area contributed by atoms with Crippen LogP contribution in [0.25, 0.3) is 6.08 Å². The van der Waals surface area contributed by atoms with Crippen LogP contribution in [-0.4, -0.2) is 41.0 Å². The molecule has 0 fully saturated rings.